The topological polar surface area (TPSA) is 79.2 Å². The van der Waals surface area contributed by atoms with E-state index in [2.05, 4.69) is 0 Å². The molecular weight excluding hydrogens is 260 g/mol. The Bertz CT molecular complexity index is 396. The summed E-state index contributed by atoms with van der Waals surface area (Å²) in [6.45, 7) is 5.55. The lowest BCUT2D eigenvalue weighted by Gasteiger charge is -2.36. The first-order valence-electron chi connectivity index (χ1n) is 6.96. The molecule has 1 saturated heterocycles. The Morgan fingerprint density at radius 3 is 2.50 bits per heavy atom. The number of aliphatic hydroxyl groups excluding tert-OH is 3. The molecule has 1 aromatic rings. The van der Waals surface area contributed by atoms with Gasteiger partial charge in [-0.3, -0.25) is 0 Å². The molecule has 0 spiro atoms. The number of benzene rings is 1. The van der Waals surface area contributed by atoms with Crippen LogP contribution in [0.1, 0.15) is 25.8 Å². The van der Waals surface area contributed by atoms with Crippen LogP contribution in [0.3, 0.4) is 0 Å². The average molecular weight is 284 g/mol. The largest absolute Gasteiger partial charge is 0.465 e. The van der Waals surface area contributed by atoms with Crippen molar-refractivity contribution in [3.05, 3.63) is 29.8 Å². The molecule has 0 amide bonds. The number of hydrogen-bond acceptors (Lipinski definition) is 5. The molecule has 0 radical (unpaired) electrons. The van der Waals surface area contributed by atoms with Crippen molar-refractivity contribution < 1.29 is 24.8 Å². The first-order valence-corrected chi connectivity index (χ1v) is 6.96. The monoisotopic (exact) mass is 284 g/mol. The summed E-state index contributed by atoms with van der Waals surface area (Å²) in [4.78, 5) is 0. The van der Waals surface area contributed by atoms with Crippen LogP contribution in [-0.2, 0) is 4.74 Å². The van der Waals surface area contributed by atoms with Gasteiger partial charge >= 0.3 is 0 Å². The number of aryl methyl sites for hydroxylation is 1. The fourth-order valence-electron chi connectivity index (χ4n) is 1.97. The minimum Gasteiger partial charge on any atom is -0.465 e. The molecule has 0 aromatic heterocycles. The van der Waals surface area contributed by atoms with Gasteiger partial charge in [-0.25, -0.2) is 0 Å². The molecule has 5 heteroatoms. The van der Waals surface area contributed by atoms with Gasteiger partial charge in [-0.2, -0.15) is 0 Å². The van der Waals surface area contributed by atoms with E-state index < -0.39 is 24.6 Å². The maximum absolute atomic E-state index is 9.68. The molecule has 4 atom stereocenters. The number of hydrogen-bond donors (Lipinski definition) is 3. The second-order valence-electron chi connectivity index (χ2n) is 4.46. The highest BCUT2D eigenvalue weighted by molar-refractivity contribution is 5.31. The number of aliphatic hydroxyl groups is 3. The predicted octanol–water partition coefficient (Wildman–Crippen LogP) is 1.23. The second kappa shape index (κ2) is 8.21. The van der Waals surface area contributed by atoms with Crippen LogP contribution in [-0.4, -0.2) is 46.5 Å². The molecule has 0 aliphatic carbocycles. The van der Waals surface area contributed by atoms with Gasteiger partial charge in [-0.15, -0.1) is 0 Å². The summed E-state index contributed by atoms with van der Waals surface area (Å²) in [6.07, 6.45) is -3.34. The van der Waals surface area contributed by atoms with Crippen molar-refractivity contribution in [3.8, 4) is 5.75 Å². The Kier molecular flexibility index (Phi) is 6.95. The van der Waals surface area contributed by atoms with E-state index in [0.29, 0.717) is 5.75 Å². The maximum atomic E-state index is 9.68. The number of ether oxygens (including phenoxy) is 2. The molecule has 4 unspecified atom stereocenters. The molecule has 1 aliphatic heterocycles. The zero-order chi connectivity index (χ0) is 15.1. The van der Waals surface area contributed by atoms with E-state index in [-0.39, 0.29) is 13.0 Å². The van der Waals surface area contributed by atoms with E-state index in [4.69, 9.17) is 14.6 Å². The fraction of sp³-hybridized carbons (Fsp3) is 0.600. The Balaban J connectivity index is 0.000000956. The Labute approximate surface area is 119 Å². The lowest BCUT2D eigenvalue weighted by atomic mass is 10.0. The van der Waals surface area contributed by atoms with E-state index in [1.165, 1.54) is 0 Å². The molecule has 2 rings (SSSR count). The molecule has 1 fully saturated rings. The summed E-state index contributed by atoms with van der Waals surface area (Å²) >= 11 is 0. The highest BCUT2D eigenvalue weighted by atomic mass is 16.7. The summed E-state index contributed by atoms with van der Waals surface area (Å²) in [7, 11) is 0. The van der Waals surface area contributed by atoms with Crippen molar-refractivity contribution in [3.63, 3.8) is 0 Å². The minimum absolute atomic E-state index is 0.173. The Morgan fingerprint density at radius 2 is 1.90 bits per heavy atom. The van der Waals surface area contributed by atoms with E-state index in [1.54, 1.807) is 0 Å². The van der Waals surface area contributed by atoms with Gasteiger partial charge in [-0.05, 0) is 18.6 Å². The normalized spacial score (nSPS) is 29.3. The molecule has 20 heavy (non-hydrogen) atoms. The van der Waals surface area contributed by atoms with Gasteiger partial charge in [0.25, 0.3) is 0 Å². The van der Waals surface area contributed by atoms with Gasteiger partial charge in [0.15, 0.2) is 0 Å². The van der Waals surface area contributed by atoms with Crippen molar-refractivity contribution >= 4 is 0 Å². The SMILES string of the molecule is CC.Cc1ccccc1OC1CC(O)C(O)C(CO)O1. The second-order valence-corrected chi connectivity index (χ2v) is 4.46. The highest BCUT2D eigenvalue weighted by Crippen LogP contribution is 2.25. The lowest BCUT2D eigenvalue weighted by Crippen LogP contribution is -2.51. The molecule has 114 valence electrons. The van der Waals surface area contributed by atoms with Gasteiger partial charge < -0.3 is 24.8 Å². The van der Waals surface area contributed by atoms with Crippen molar-refractivity contribution in [1.82, 2.24) is 0 Å². The quantitative estimate of drug-likeness (QED) is 0.778. The predicted molar refractivity (Wildman–Crippen MR) is 75.5 cm³/mol. The minimum atomic E-state index is -1.08. The number of para-hydroxylation sites is 1. The van der Waals surface area contributed by atoms with E-state index in [1.807, 2.05) is 45.0 Å². The third kappa shape index (κ3) is 4.18. The summed E-state index contributed by atoms with van der Waals surface area (Å²) in [5, 5.41) is 28.3. The van der Waals surface area contributed by atoms with Crippen molar-refractivity contribution in [1.29, 1.82) is 0 Å². The van der Waals surface area contributed by atoms with Gasteiger partial charge in [-0.1, -0.05) is 32.0 Å². The van der Waals surface area contributed by atoms with Crippen LogP contribution in [0.4, 0.5) is 0 Å². The Hall–Kier alpha value is -1.14. The molecule has 1 aromatic carbocycles. The summed E-state index contributed by atoms with van der Waals surface area (Å²) in [6, 6.07) is 7.47. The summed E-state index contributed by atoms with van der Waals surface area (Å²) in [5.74, 6) is 0.669. The third-order valence-electron chi connectivity index (χ3n) is 3.07. The van der Waals surface area contributed by atoms with Gasteiger partial charge in [0, 0.05) is 6.42 Å². The lowest BCUT2D eigenvalue weighted by molar-refractivity contribution is -0.230. The first kappa shape index (κ1) is 16.9. The van der Waals surface area contributed by atoms with E-state index >= 15 is 0 Å². The standard InChI is InChI=1S/C13H18O5.C2H6/c1-8-4-2-3-5-10(8)17-12-6-9(15)13(16)11(7-14)18-12;1-2/h2-5,9,11-16H,6-7H2,1H3;1-2H3. The molecule has 5 nitrogen and oxygen atoms in total. The smallest absolute Gasteiger partial charge is 0.202 e. The summed E-state index contributed by atoms with van der Waals surface area (Å²) < 4.78 is 11.0. The van der Waals surface area contributed by atoms with Crippen LogP contribution >= 0.6 is 0 Å². The third-order valence-corrected chi connectivity index (χ3v) is 3.07. The van der Waals surface area contributed by atoms with Crippen molar-refractivity contribution in [2.24, 2.45) is 0 Å². The molecule has 3 N–H and O–H groups in total. The van der Waals surface area contributed by atoms with Crippen LogP contribution in [0.15, 0.2) is 24.3 Å². The zero-order valence-electron chi connectivity index (χ0n) is 12.2. The molecule has 1 heterocycles. The van der Waals surface area contributed by atoms with Crippen LogP contribution in [0, 0.1) is 6.92 Å². The van der Waals surface area contributed by atoms with Crippen LogP contribution < -0.4 is 4.74 Å². The highest BCUT2D eigenvalue weighted by Gasteiger charge is 2.37. The van der Waals surface area contributed by atoms with Crippen LogP contribution in [0.5, 0.6) is 5.75 Å². The number of rotatable bonds is 3. The average Bonchev–Trinajstić information content (AvgIpc) is 2.47. The van der Waals surface area contributed by atoms with Gasteiger partial charge in [0.1, 0.15) is 18.0 Å². The van der Waals surface area contributed by atoms with E-state index in [9.17, 15) is 10.2 Å². The maximum Gasteiger partial charge on any atom is 0.202 e. The Morgan fingerprint density at radius 1 is 1.25 bits per heavy atom. The zero-order valence-corrected chi connectivity index (χ0v) is 12.2. The molecule has 0 saturated carbocycles. The van der Waals surface area contributed by atoms with Gasteiger partial charge in [0.05, 0.1) is 12.7 Å². The van der Waals surface area contributed by atoms with Crippen molar-refractivity contribution in [2.75, 3.05) is 6.61 Å². The van der Waals surface area contributed by atoms with Crippen LogP contribution in [0.25, 0.3) is 0 Å². The molecule has 1 aliphatic rings. The molecular formula is C15H24O5. The summed E-state index contributed by atoms with van der Waals surface area (Å²) in [5.41, 5.74) is 0.960. The molecule has 0 bridgehead atoms. The van der Waals surface area contributed by atoms with Crippen LogP contribution in [0.2, 0.25) is 0 Å². The van der Waals surface area contributed by atoms with E-state index in [0.717, 1.165) is 5.56 Å². The first-order chi connectivity index (χ1) is 9.61. The van der Waals surface area contributed by atoms with Crippen molar-refractivity contribution in [2.45, 2.75) is 51.8 Å². The van der Waals surface area contributed by atoms with Gasteiger partial charge in [0.2, 0.25) is 6.29 Å². The fourth-order valence-corrected chi connectivity index (χ4v) is 1.97.